The second-order valence-corrected chi connectivity index (χ2v) is 5.75. The molecule has 1 aliphatic rings. The number of nitriles is 1. The first-order valence-electron chi connectivity index (χ1n) is 6.34. The van der Waals surface area contributed by atoms with Gasteiger partial charge in [0.15, 0.2) is 0 Å². The Morgan fingerprint density at radius 1 is 1.25 bits per heavy atom. The maximum Gasteiger partial charge on any atom is 0.0635 e. The van der Waals surface area contributed by atoms with Crippen molar-refractivity contribution in [3.63, 3.8) is 0 Å². The first kappa shape index (κ1) is 14.0. The zero-order valence-electron chi connectivity index (χ0n) is 10.3. The lowest BCUT2D eigenvalue weighted by atomic mass is 9.82. The fraction of sp³-hybridized carbons (Fsp3) is 0.923. The van der Waals surface area contributed by atoms with E-state index < -0.39 is 0 Å². The number of hydrogen-bond acceptors (Lipinski definition) is 2. The van der Waals surface area contributed by atoms with Crippen molar-refractivity contribution in [2.45, 2.75) is 44.9 Å². The van der Waals surface area contributed by atoms with E-state index in [0.29, 0.717) is 11.8 Å². The molecule has 1 aliphatic carbocycles. The van der Waals surface area contributed by atoms with Gasteiger partial charge in [0.1, 0.15) is 0 Å². The van der Waals surface area contributed by atoms with E-state index in [2.05, 4.69) is 33.9 Å². The van der Waals surface area contributed by atoms with Gasteiger partial charge in [0.25, 0.3) is 0 Å². The molecule has 16 heavy (non-hydrogen) atoms. The monoisotopic (exact) mass is 286 g/mol. The molecule has 1 fully saturated rings. The first-order valence-corrected chi connectivity index (χ1v) is 7.46. The molecule has 0 N–H and O–H groups in total. The largest absolute Gasteiger partial charge is 0.305 e. The highest BCUT2D eigenvalue weighted by molar-refractivity contribution is 9.09. The van der Waals surface area contributed by atoms with E-state index in [-0.39, 0.29) is 0 Å². The molecule has 1 rings (SSSR count). The zero-order valence-corrected chi connectivity index (χ0v) is 11.9. The van der Waals surface area contributed by atoms with Gasteiger partial charge in [0.05, 0.1) is 6.07 Å². The topological polar surface area (TPSA) is 27.0 Å². The summed E-state index contributed by atoms with van der Waals surface area (Å²) < 4.78 is 0. The molecule has 0 aromatic carbocycles. The van der Waals surface area contributed by atoms with Crippen LogP contribution in [0.1, 0.15) is 44.9 Å². The number of nitrogens with zero attached hydrogens (tertiary/aromatic N) is 2. The summed E-state index contributed by atoms with van der Waals surface area (Å²) in [6, 6.07) is 2.23. The molecule has 2 nitrogen and oxygen atoms in total. The van der Waals surface area contributed by atoms with E-state index in [9.17, 15) is 0 Å². The smallest absolute Gasteiger partial charge is 0.0635 e. The van der Waals surface area contributed by atoms with Crippen LogP contribution in [0.2, 0.25) is 0 Å². The maximum atomic E-state index is 8.60. The normalized spacial score (nSPS) is 20.4. The van der Waals surface area contributed by atoms with Crippen LogP contribution in [-0.4, -0.2) is 30.4 Å². The molecule has 3 heteroatoms. The summed E-state index contributed by atoms with van der Waals surface area (Å²) in [5.74, 6) is 0. The predicted octanol–water partition coefficient (Wildman–Crippen LogP) is 3.57. The third-order valence-corrected chi connectivity index (χ3v) is 4.85. The Bertz CT molecular complexity index is 227. The second-order valence-electron chi connectivity index (χ2n) is 5.19. The minimum absolute atomic E-state index is 0.459. The molecule has 0 aliphatic heterocycles. The van der Waals surface area contributed by atoms with Gasteiger partial charge in [0, 0.05) is 24.8 Å². The number of alkyl halides is 1. The molecule has 0 aromatic heterocycles. The third kappa shape index (κ3) is 4.43. The van der Waals surface area contributed by atoms with E-state index in [4.69, 9.17) is 5.26 Å². The fourth-order valence-electron chi connectivity index (χ4n) is 2.71. The fourth-order valence-corrected chi connectivity index (χ4v) is 3.44. The Morgan fingerprint density at radius 3 is 2.38 bits per heavy atom. The summed E-state index contributed by atoms with van der Waals surface area (Å²) in [7, 11) is 2.15. The molecule has 0 spiro atoms. The van der Waals surface area contributed by atoms with Crippen LogP contribution in [0, 0.1) is 16.7 Å². The van der Waals surface area contributed by atoms with E-state index in [1.54, 1.807) is 0 Å². The molecule has 0 amide bonds. The molecule has 0 heterocycles. The number of rotatable bonds is 5. The second kappa shape index (κ2) is 7.29. The molecular weight excluding hydrogens is 264 g/mol. The Morgan fingerprint density at radius 2 is 1.88 bits per heavy atom. The molecule has 1 saturated carbocycles. The maximum absolute atomic E-state index is 8.60. The van der Waals surface area contributed by atoms with Crippen molar-refractivity contribution < 1.29 is 0 Å². The quantitative estimate of drug-likeness (QED) is 0.571. The lowest BCUT2D eigenvalue weighted by Crippen LogP contribution is -2.37. The molecule has 0 radical (unpaired) electrons. The number of halogens is 1. The summed E-state index contributed by atoms with van der Waals surface area (Å²) in [4.78, 5) is 2.33. The Kier molecular flexibility index (Phi) is 6.38. The third-order valence-electron chi connectivity index (χ3n) is 3.66. The van der Waals surface area contributed by atoms with E-state index in [1.807, 2.05) is 0 Å². The van der Waals surface area contributed by atoms with Gasteiger partial charge in [-0.25, -0.2) is 0 Å². The van der Waals surface area contributed by atoms with Crippen LogP contribution in [0.3, 0.4) is 0 Å². The Labute approximate surface area is 108 Å². The lowest BCUT2D eigenvalue weighted by molar-refractivity contribution is 0.178. The molecule has 0 atom stereocenters. The molecule has 0 aromatic rings. The van der Waals surface area contributed by atoms with Gasteiger partial charge in [-0.1, -0.05) is 41.6 Å². The van der Waals surface area contributed by atoms with Crippen LogP contribution < -0.4 is 0 Å². The molecule has 0 unspecified atom stereocenters. The average molecular weight is 287 g/mol. The Hall–Kier alpha value is -0.0700. The summed E-state index contributed by atoms with van der Waals surface area (Å²) in [6.45, 7) is 2.05. The molecular formula is C13H23BrN2. The summed E-state index contributed by atoms with van der Waals surface area (Å²) in [5, 5.41) is 9.71. The highest BCUT2D eigenvalue weighted by Crippen LogP contribution is 2.37. The van der Waals surface area contributed by atoms with E-state index in [1.165, 1.54) is 38.5 Å². The first-order chi connectivity index (χ1) is 7.72. The highest BCUT2D eigenvalue weighted by Gasteiger charge is 2.30. The van der Waals surface area contributed by atoms with Crippen molar-refractivity contribution in [2.24, 2.45) is 5.41 Å². The standard InChI is InChI=1S/C13H23BrN2/c1-16(10-6-9-15)12-13(11-14)7-4-2-3-5-8-13/h2-8,10-12H2,1H3. The van der Waals surface area contributed by atoms with Gasteiger partial charge in [-0.3, -0.25) is 0 Å². The van der Waals surface area contributed by atoms with Gasteiger partial charge in [-0.15, -0.1) is 0 Å². The van der Waals surface area contributed by atoms with Crippen LogP contribution in [0.15, 0.2) is 0 Å². The van der Waals surface area contributed by atoms with Gasteiger partial charge in [0.2, 0.25) is 0 Å². The van der Waals surface area contributed by atoms with E-state index >= 15 is 0 Å². The van der Waals surface area contributed by atoms with Crippen LogP contribution in [0.25, 0.3) is 0 Å². The van der Waals surface area contributed by atoms with Crippen molar-refractivity contribution in [1.29, 1.82) is 5.26 Å². The van der Waals surface area contributed by atoms with Crippen molar-refractivity contribution in [3.05, 3.63) is 0 Å². The highest BCUT2D eigenvalue weighted by atomic mass is 79.9. The van der Waals surface area contributed by atoms with Crippen LogP contribution in [0.5, 0.6) is 0 Å². The van der Waals surface area contributed by atoms with Crippen LogP contribution in [-0.2, 0) is 0 Å². The summed E-state index contributed by atoms with van der Waals surface area (Å²) >= 11 is 3.71. The van der Waals surface area contributed by atoms with Gasteiger partial charge in [-0.05, 0) is 25.3 Å². The SMILES string of the molecule is CN(CCC#N)CC1(CBr)CCCCCC1. The van der Waals surface area contributed by atoms with Gasteiger partial charge >= 0.3 is 0 Å². The van der Waals surface area contributed by atoms with Gasteiger partial charge < -0.3 is 4.90 Å². The lowest BCUT2D eigenvalue weighted by Gasteiger charge is -2.35. The average Bonchev–Trinajstić information content (AvgIpc) is 2.52. The van der Waals surface area contributed by atoms with Gasteiger partial charge in [-0.2, -0.15) is 5.26 Å². The van der Waals surface area contributed by atoms with Crippen LogP contribution in [0.4, 0.5) is 0 Å². The number of hydrogen-bond donors (Lipinski definition) is 0. The molecule has 92 valence electrons. The molecule has 0 bridgehead atoms. The van der Waals surface area contributed by atoms with Crippen molar-refractivity contribution in [3.8, 4) is 6.07 Å². The minimum atomic E-state index is 0.459. The van der Waals surface area contributed by atoms with E-state index in [0.717, 1.165) is 18.4 Å². The zero-order chi connectivity index (χ0) is 11.9. The van der Waals surface area contributed by atoms with Crippen molar-refractivity contribution in [1.82, 2.24) is 4.90 Å². The van der Waals surface area contributed by atoms with Crippen LogP contribution >= 0.6 is 15.9 Å². The van der Waals surface area contributed by atoms with Crippen molar-refractivity contribution in [2.75, 3.05) is 25.5 Å². The Balaban J connectivity index is 2.47. The summed E-state index contributed by atoms with van der Waals surface area (Å²) in [5.41, 5.74) is 0.459. The van der Waals surface area contributed by atoms with Crippen molar-refractivity contribution >= 4 is 15.9 Å². The predicted molar refractivity (Wildman–Crippen MR) is 71.7 cm³/mol. The molecule has 0 saturated heterocycles. The summed E-state index contributed by atoms with van der Waals surface area (Å²) in [6.07, 6.45) is 8.88. The minimum Gasteiger partial charge on any atom is -0.305 e.